The normalized spacial score (nSPS) is 11.3. The van der Waals surface area contributed by atoms with E-state index in [-0.39, 0.29) is 11.9 Å². The molecule has 2 aromatic carbocycles. The fraction of sp³-hybridized carbons (Fsp3) is 0.725. The zero-order chi connectivity index (χ0) is 45.6. The van der Waals surface area contributed by atoms with Crippen LogP contribution in [0.1, 0.15) is 212 Å². The number of carbonyl (C=O) groups is 2. The molecule has 2 rings (SSSR count). The van der Waals surface area contributed by atoms with Crippen LogP contribution in [-0.4, -0.2) is 38.4 Å². The number of carbonyl (C=O) groups excluding carboxylic acids is 2. The van der Waals surface area contributed by atoms with Crippen molar-refractivity contribution in [2.45, 2.75) is 212 Å². The van der Waals surface area contributed by atoms with Crippen molar-refractivity contribution in [2.24, 2.45) is 0 Å². The summed E-state index contributed by atoms with van der Waals surface area (Å²) in [6.45, 7) is 2.30. The molecule has 2 aromatic rings. The maximum absolute atomic E-state index is 12.1. The zero-order valence-corrected chi connectivity index (χ0v) is 51.1. The number of ether oxygens (including phenoxy) is 4. The molecule has 0 unspecified atom stereocenters. The molecule has 360 valence electrons. The van der Waals surface area contributed by atoms with Crippen LogP contribution in [-0.2, 0) is 19.1 Å². The van der Waals surface area contributed by atoms with Gasteiger partial charge < -0.3 is 18.9 Å². The van der Waals surface area contributed by atoms with Crippen LogP contribution in [0.5, 0.6) is 11.5 Å². The van der Waals surface area contributed by atoms with E-state index in [0.717, 1.165) is 63.2 Å². The van der Waals surface area contributed by atoms with Crippen molar-refractivity contribution in [1.82, 2.24) is 0 Å². The molecule has 0 bridgehead atoms. The smallest absolute Gasteiger partial charge is 0.305 e. The molecule has 0 saturated heterocycles. The van der Waals surface area contributed by atoms with Gasteiger partial charge >= 0.3 is 11.9 Å². The molecular formula is C51H78I6O6. The summed E-state index contributed by atoms with van der Waals surface area (Å²) >= 11 is 14.2. The summed E-state index contributed by atoms with van der Waals surface area (Å²) in [5.41, 5.74) is 0. The van der Waals surface area contributed by atoms with Crippen LogP contribution < -0.4 is 9.47 Å². The summed E-state index contributed by atoms with van der Waals surface area (Å²) in [5.74, 6) is 1.85. The van der Waals surface area contributed by atoms with Crippen molar-refractivity contribution in [3.63, 3.8) is 0 Å². The first-order valence-electron chi connectivity index (χ1n) is 24.5. The van der Waals surface area contributed by atoms with Gasteiger partial charge in [-0.2, -0.15) is 0 Å². The predicted octanol–water partition coefficient (Wildman–Crippen LogP) is 18.7. The summed E-state index contributed by atoms with van der Waals surface area (Å²) in [6.07, 6.45) is 39.5. The Bertz CT molecular complexity index is 1320. The molecule has 0 N–H and O–H groups in total. The van der Waals surface area contributed by atoms with Crippen molar-refractivity contribution in [3.8, 4) is 11.5 Å². The average molecular weight is 1550 g/mol. The van der Waals surface area contributed by atoms with E-state index in [0.29, 0.717) is 32.5 Å². The third-order valence-electron chi connectivity index (χ3n) is 11.3. The number of hydrogen-bond acceptors (Lipinski definition) is 6. The van der Waals surface area contributed by atoms with Crippen LogP contribution in [0.25, 0.3) is 0 Å². The van der Waals surface area contributed by atoms with Crippen molar-refractivity contribution < 1.29 is 28.5 Å². The van der Waals surface area contributed by atoms with Gasteiger partial charge in [-0.05, 0) is 185 Å². The number of esters is 2. The Kier molecular flexibility index (Phi) is 40.6. The lowest BCUT2D eigenvalue weighted by atomic mass is 10.0. The second-order valence-corrected chi connectivity index (χ2v) is 24.1. The van der Waals surface area contributed by atoms with E-state index in [1.54, 1.807) is 0 Å². The quantitative estimate of drug-likeness (QED) is 0.0375. The minimum absolute atomic E-state index is 0.124. The van der Waals surface area contributed by atoms with Crippen LogP contribution in [0, 0.1) is 21.4 Å². The van der Waals surface area contributed by atoms with Gasteiger partial charge in [0.05, 0.1) is 40.7 Å². The number of halogens is 6. The maximum Gasteiger partial charge on any atom is 0.305 e. The predicted molar refractivity (Wildman–Crippen MR) is 314 cm³/mol. The second kappa shape index (κ2) is 42.3. The molecule has 0 aromatic heterocycles. The van der Waals surface area contributed by atoms with Gasteiger partial charge in [-0.1, -0.05) is 167 Å². The molecule has 0 saturated carbocycles. The minimum Gasteiger partial charge on any atom is -0.491 e. The molecular weight excluding hydrogens is 1470 g/mol. The van der Waals surface area contributed by atoms with E-state index in [9.17, 15) is 9.59 Å². The molecule has 0 aliphatic rings. The van der Waals surface area contributed by atoms with Crippen molar-refractivity contribution >= 4 is 147 Å². The van der Waals surface area contributed by atoms with E-state index in [2.05, 4.69) is 160 Å². The molecule has 0 radical (unpaired) electrons. The number of rotatable bonds is 42. The SMILES string of the molecule is O=C(CCCCCCCCCCCCCCCCCOc1c(I)cc(I)cc1I)OCCCOC(=O)CCCCCCCCCCCCCCCCCOc1c(I)cc(I)cc1I. The molecule has 63 heavy (non-hydrogen) atoms. The molecule has 0 heterocycles. The lowest BCUT2D eigenvalue weighted by molar-refractivity contribution is -0.146. The van der Waals surface area contributed by atoms with E-state index >= 15 is 0 Å². The molecule has 0 aliphatic heterocycles. The zero-order valence-electron chi connectivity index (χ0n) is 38.2. The van der Waals surface area contributed by atoms with Crippen LogP contribution in [0.3, 0.4) is 0 Å². The Morgan fingerprint density at radius 3 is 0.778 bits per heavy atom. The monoisotopic (exact) mass is 1550 g/mol. The summed E-state index contributed by atoms with van der Waals surface area (Å²) in [7, 11) is 0. The third kappa shape index (κ3) is 34.3. The summed E-state index contributed by atoms with van der Waals surface area (Å²) in [4.78, 5) is 24.1. The molecule has 6 nitrogen and oxygen atoms in total. The molecule has 0 aliphatic carbocycles. The highest BCUT2D eigenvalue weighted by atomic mass is 127. The summed E-state index contributed by atoms with van der Waals surface area (Å²) < 4.78 is 30.2. The fourth-order valence-electron chi connectivity index (χ4n) is 7.60. The Morgan fingerprint density at radius 1 is 0.302 bits per heavy atom. The Morgan fingerprint density at radius 2 is 0.524 bits per heavy atom. The first-order valence-corrected chi connectivity index (χ1v) is 31.0. The first-order chi connectivity index (χ1) is 30.7. The molecule has 0 spiro atoms. The van der Waals surface area contributed by atoms with Gasteiger partial charge in [-0.15, -0.1) is 0 Å². The molecule has 12 heteroatoms. The van der Waals surface area contributed by atoms with Gasteiger partial charge in [0.15, 0.2) is 0 Å². The summed E-state index contributed by atoms with van der Waals surface area (Å²) in [6, 6.07) is 8.70. The lowest BCUT2D eigenvalue weighted by Crippen LogP contribution is -2.10. The Hall–Kier alpha value is 1.36. The van der Waals surface area contributed by atoms with Crippen molar-refractivity contribution in [2.75, 3.05) is 26.4 Å². The van der Waals surface area contributed by atoms with Crippen LogP contribution >= 0.6 is 136 Å². The van der Waals surface area contributed by atoms with Crippen LogP contribution in [0.2, 0.25) is 0 Å². The second-order valence-electron chi connectivity index (χ2n) is 17.0. The highest BCUT2D eigenvalue weighted by Gasteiger charge is 2.10. The van der Waals surface area contributed by atoms with E-state index < -0.39 is 0 Å². The molecule has 0 fully saturated rings. The fourth-order valence-corrected chi connectivity index (χ4v) is 15.4. The minimum atomic E-state index is -0.124. The van der Waals surface area contributed by atoms with Gasteiger partial charge in [-0.3, -0.25) is 9.59 Å². The van der Waals surface area contributed by atoms with E-state index in [1.165, 1.54) is 176 Å². The van der Waals surface area contributed by atoms with E-state index in [1.807, 2.05) is 0 Å². The van der Waals surface area contributed by atoms with Gasteiger partial charge in [0.25, 0.3) is 0 Å². The maximum atomic E-state index is 12.1. The molecule has 0 amide bonds. The van der Waals surface area contributed by atoms with Gasteiger partial charge in [0.1, 0.15) is 11.5 Å². The van der Waals surface area contributed by atoms with Gasteiger partial charge in [0.2, 0.25) is 0 Å². The average Bonchev–Trinajstić information content (AvgIpc) is 3.24. The van der Waals surface area contributed by atoms with Gasteiger partial charge in [-0.25, -0.2) is 0 Å². The van der Waals surface area contributed by atoms with Crippen LogP contribution in [0.15, 0.2) is 24.3 Å². The largest absolute Gasteiger partial charge is 0.491 e. The summed E-state index contributed by atoms with van der Waals surface area (Å²) in [5, 5.41) is 0. The Balaban J connectivity index is 1.20. The van der Waals surface area contributed by atoms with Crippen molar-refractivity contribution in [3.05, 3.63) is 45.7 Å². The van der Waals surface area contributed by atoms with Gasteiger partial charge in [0, 0.05) is 26.4 Å². The van der Waals surface area contributed by atoms with Crippen molar-refractivity contribution in [1.29, 1.82) is 0 Å². The lowest BCUT2D eigenvalue weighted by Gasteiger charge is -2.11. The third-order valence-corrected chi connectivity index (χ3v) is 15.7. The first kappa shape index (κ1) is 60.5. The standard InChI is InChI=1S/C51H78I6O6/c52-42-38-44(54)50(45(55)39-42)62-34-29-25-21-17-13-9-5-1-3-7-11-15-19-23-27-32-48(58)60-36-31-37-61-49(59)33-28-24-20-16-12-8-4-2-6-10-14-18-22-26-30-35-63-51-46(56)40-43(53)41-47(51)57/h38-41H,1-37H2. The Labute approximate surface area is 465 Å². The number of benzene rings is 2. The molecule has 0 atom stereocenters. The number of unbranched alkanes of at least 4 members (excludes halogenated alkanes) is 28. The highest BCUT2D eigenvalue weighted by Crippen LogP contribution is 2.31. The number of hydrogen-bond donors (Lipinski definition) is 0. The van der Waals surface area contributed by atoms with Crippen LogP contribution in [0.4, 0.5) is 0 Å². The highest BCUT2D eigenvalue weighted by molar-refractivity contribution is 14.1. The topological polar surface area (TPSA) is 71.1 Å². The van der Waals surface area contributed by atoms with E-state index in [4.69, 9.17) is 18.9 Å².